The predicted molar refractivity (Wildman–Crippen MR) is 108 cm³/mol. The molecule has 2 aromatic carbocycles. The van der Waals surface area contributed by atoms with Gasteiger partial charge in [-0.25, -0.2) is 0 Å². The molecule has 0 N–H and O–H groups in total. The predicted octanol–water partition coefficient (Wildman–Crippen LogP) is 4.50. The van der Waals surface area contributed by atoms with E-state index in [4.69, 9.17) is 9.47 Å². The second-order valence-corrected chi connectivity index (χ2v) is 6.00. The standard InChI is InChI=1S/C24H22O4/c1-3-7-23(25)27-21-15-11-19(12-16-21)9-5-6-10-20-13-17-22(18-14-20)28-24(26)8-4-2/h11-18H,3-4,7-8H2,1-2H3. The van der Waals surface area contributed by atoms with Gasteiger partial charge in [-0.15, -0.1) is 0 Å². The molecule has 0 aliphatic rings. The van der Waals surface area contributed by atoms with E-state index in [1.165, 1.54) is 0 Å². The summed E-state index contributed by atoms with van der Waals surface area (Å²) in [5.74, 6) is 12.0. The van der Waals surface area contributed by atoms with E-state index in [2.05, 4.69) is 23.7 Å². The van der Waals surface area contributed by atoms with E-state index < -0.39 is 0 Å². The van der Waals surface area contributed by atoms with Gasteiger partial charge in [0.2, 0.25) is 0 Å². The van der Waals surface area contributed by atoms with Crippen LogP contribution in [0.3, 0.4) is 0 Å². The van der Waals surface area contributed by atoms with Crippen molar-refractivity contribution < 1.29 is 19.1 Å². The number of ether oxygens (including phenoxy) is 2. The highest BCUT2D eigenvalue weighted by molar-refractivity contribution is 5.72. The third-order valence-electron chi connectivity index (χ3n) is 3.56. The zero-order valence-corrected chi connectivity index (χ0v) is 16.1. The van der Waals surface area contributed by atoms with Crippen LogP contribution in [0.15, 0.2) is 48.5 Å². The first-order valence-corrected chi connectivity index (χ1v) is 9.24. The second-order valence-electron chi connectivity index (χ2n) is 6.00. The van der Waals surface area contributed by atoms with E-state index in [1.807, 2.05) is 13.8 Å². The number of rotatable bonds is 6. The molecule has 0 aromatic heterocycles. The van der Waals surface area contributed by atoms with Gasteiger partial charge in [0.25, 0.3) is 0 Å². The molecule has 0 saturated heterocycles. The molecule has 0 aliphatic heterocycles. The Balaban J connectivity index is 1.91. The molecule has 0 unspecified atom stereocenters. The second kappa shape index (κ2) is 11.3. The van der Waals surface area contributed by atoms with Gasteiger partial charge in [-0.3, -0.25) is 9.59 Å². The molecule has 0 aliphatic carbocycles. The minimum absolute atomic E-state index is 0.238. The van der Waals surface area contributed by atoms with Crippen LogP contribution < -0.4 is 9.47 Å². The van der Waals surface area contributed by atoms with Crippen molar-refractivity contribution in [1.82, 2.24) is 0 Å². The average molecular weight is 374 g/mol. The average Bonchev–Trinajstić information content (AvgIpc) is 2.68. The molecule has 0 amide bonds. The topological polar surface area (TPSA) is 52.6 Å². The third kappa shape index (κ3) is 7.40. The Kier molecular flexibility index (Phi) is 8.37. The molecular formula is C24H22O4. The van der Waals surface area contributed by atoms with Gasteiger partial charge in [0.15, 0.2) is 0 Å². The minimum Gasteiger partial charge on any atom is -0.427 e. The number of carbonyl (C=O) groups excluding carboxylic acids is 2. The first kappa shape index (κ1) is 20.8. The molecule has 0 saturated carbocycles. The molecule has 0 heterocycles. The Morgan fingerprint density at radius 3 is 1.36 bits per heavy atom. The smallest absolute Gasteiger partial charge is 0.311 e. The summed E-state index contributed by atoms with van der Waals surface area (Å²) in [5.41, 5.74) is 1.56. The fourth-order valence-corrected chi connectivity index (χ4v) is 2.19. The van der Waals surface area contributed by atoms with Gasteiger partial charge >= 0.3 is 11.9 Å². The highest BCUT2D eigenvalue weighted by Gasteiger charge is 2.03. The number of carbonyl (C=O) groups is 2. The number of benzene rings is 2. The maximum Gasteiger partial charge on any atom is 0.311 e. The molecule has 2 aromatic rings. The van der Waals surface area contributed by atoms with Crippen LogP contribution in [0.4, 0.5) is 0 Å². The number of hydrogen-bond donors (Lipinski definition) is 0. The molecule has 2 rings (SSSR count). The molecule has 4 heteroatoms. The molecule has 0 spiro atoms. The largest absolute Gasteiger partial charge is 0.427 e. The van der Waals surface area contributed by atoms with Gasteiger partial charge in [-0.1, -0.05) is 25.7 Å². The summed E-state index contributed by atoms with van der Waals surface area (Å²) >= 11 is 0. The first-order valence-electron chi connectivity index (χ1n) is 9.24. The van der Waals surface area contributed by atoms with Crippen molar-refractivity contribution in [3.05, 3.63) is 59.7 Å². The van der Waals surface area contributed by atoms with Crippen LogP contribution in [-0.4, -0.2) is 11.9 Å². The lowest BCUT2D eigenvalue weighted by atomic mass is 10.2. The molecule has 0 bridgehead atoms. The summed E-state index contributed by atoms with van der Waals surface area (Å²) < 4.78 is 10.4. The van der Waals surface area contributed by atoms with Crippen molar-refractivity contribution in [2.75, 3.05) is 0 Å². The fourth-order valence-electron chi connectivity index (χ4n) is 2.19. The lowest BCUT2D eigenvalue weighted by Gasteiger charge is -2.02. The molecule has 0 atom stereocenters. The van der Waals surface area contributed by atoms with Gasteiger partial charge in [-0.05, 0) is 73.2 Å². The summed E-state index contributed by atoms with van der Waals surface area (Å²) in [6, 6.07) is 14.0. The van der Waals surface area contributed by atoms with Crippen molar-refractivity contribution in [2.24, 2.45) is 0 Å². The van der Waals surface area contributed by atoms with Gasteiger partial charge in [0.1, 0.15) is 11.5 Å². The maximum atomic E-state index is 11.5. The molecule has 0 radical (unpaired) electrons. The van der Waals surface area contributed by atoms with Gasteiger partial charge in [0.05, 0.1) is 0 Å². The van der Waals surface area contributed by atoms with Crippen molar-refractivity contribution >= 4 is 11.9 Å². The quantitative estimate of drug-likeness (QED) is 0.424. The van der Waals surface area contributed by atoms with Crippen LogP contribution >= 0.6 is 0 Å². The van der Waals surface area contributed by atoms with Crippen LogP contribution in [0, 0.1) is 23.7 Å². The van der Waals surface area contributed by atoms with Gasteiger partial charge in [-0.2, -0.15) is 0 Å². The summed E-state index contributed by atoms with van der Waals surface area (Å²) in [4.78, 5) is 22.9. The van der Waals surface area contributed by atoms with Crippen LogP contribution in [0.25, 0.3) is 0 Å². The Morgan fingerprint density at radius 1 is 0.679 bits per heavy atom. The molecule has 0 fully saturated rings. The van der Waals surface area contributed by atoms with E-state index in [1.54, 1.807) is 48.5 Å². The van der Waals surface area contributed by atoms with Crippen molar-refractivity contribution in [2.45, 2.75) is 39.5 Å². The van der Waals surface area contributed by atoms with E-state index in [-0.39, 0.29) is 11.9 Å². The van der Waals surface area contributed by atoms with Crippen LogP contribution in [0.1, 0.15) is 50.7 Å². The Morgan fingerprint density at radius 2 is 1.04 bits per heavy atom. The van der Waals surface area contributed by atoms with Crippen molar-refractivity contribution in [3.8, 4) is 35.2 Å². The van der Waals surface area contributed by atoms with E-state index in [0.29, 0.717) is 24.3 Å². The zero-order chi connectivity index (χ0) is 20.2. The molecule has 28 heavy (non-hydrogen) atoms. The maximum absolute atomic E-state index is 11.5. The molecule has 142 valence electrons. The molecule has 4 nitrogen and oxygen atoms in total. The van der Waals surface area contributed by atoms with Crippen LogP contribution in [0.2, 0.25) is 0 Å². The van der Waals surface area contributed by atoms with Gasteiger partial charge in [0, 0.05) is 24.0 Å². The van der Waals surface area contributed by atoms with E-state index in [0.717, 1.165) is 24.0 Å². The summed E-state index contributed by atoms with van der Waals surface area (Å²) in [6.07, 6.45) is 2.32. The first-order chi connectivity index (χ1) is 13.6. The minimum atomic E-state index is -0.238. The zero-order valence-electron chi connectivity index (χ0n) is 16.1. The normalized spacial score (nSPS) is 9.36. The highest BCUT2D eigenvalue weighted by atomic mass is 16.5. The van der Waals surface area contributed by atoms with Crippen LogP contribution in [0.5, 0.6) is 11.5 Å². The summed E-state index contributed by atoms with van der Waals surface area (Å²) in [5, 5.41) is 0. The van der Waals surface area contributed by atoms with Crippen molar-refractivity contribution in [1.29, 1.82) is 0 Å². The Labute approximate surface area is 165 Å². The number of hydrogen-bond acceptors (Lipinski definition) is 4. The lowest BCUT2D eigenvalue weighted by Crippen LogP contribution is -2.06. The Bertz CT molecular complexity index is 838. The third-order valence-corrected chi connectivity index (χ3v) is 3.56. The fraction of sp³-hybridized carbons (Fsp3) is 0.250. The van der Waals surface area contributed by atoms with E-state index >= 15 is 0 Å². The summed E-state index contributed by atoms with van der Waals surface area (Å²) in [6.45, 7) is 3.86. The van der Waals surface area contributed by atoms with Crippen LogP contribution in [-0.2, 0) is 9.59 Å². The highest BCUT2D eigenvalue weighted by Crippen LogP contribution is 2.13. The Hall–Kier alpha value is -3.50. The SMILES string of the molecule is CCCC(=O)Oc1ccc(C#CC#Cc2ccc(OC(=O)CCC)cc2)cc1. The molecular weight excluding hydrogens is 352 g/mol. The number of esters is 2. The lowest BCUT2D eigenvalue weighted by molar-refractivity contribution is -0.135. The van der Waals surface area contributed by atoms with Gasteiger partial charge < -0.3 is 9.47 Å². The van der Waals surface area contributed by atoms with Crippen molar-refractivity contribution in [3.63, 3.8) is 0 Å². The monoisotopic (exact) mass is 374 g/mol. The van der Waals surface area contributed by atoms with E-state index in [9.17, 15) is 9.59 Å². The summed E-state index contributed by atoms with van der Waals surface area (Å²) in [7, 11) is 0.